The smallest absolute Gasteiger partial charge is 0.293 e. The number of benzene rings is 1. The predicted molar refractivity (Wildman–Crippen MR) is 109 cm³/mol. The molecule has 10 heteroatoms. The summed E-state index contributed by atoms with van der Waals surface area (Å²) in [4.78, 5) is 39.0. The number of nitrogens with zero attached hydrogens (tertiary/aromatic N) is 3. The molecule has 0 saturated carbocycles. The second-order valence-electron chi connectivity index (χ2n) is 6.57. The number of nitro benzene ring substituents is 1. The van der Waals surface area contributed by atoms with E-state index in [2.05, 4.69) is 17.2 Å². The van der Waals surface area contributed by atoms with Crippen LogP contribution in [0.25, 0.3) is 0 Å². The number of rotatable bonds is 10. The summed E-state index contributed by atoms with van der Waals surface area (Å²) in [5.74, 6) is -0.343. The van der Waals surface area contributed by atoms with E-state index >= 15 is 0 Å². The number of nitrogens with one attached hydrogen (secondary N) is 2. The highest BCUT2D eigenvalue weighted by atomic mass is 16.6. The molecule has 0 aromatic heterocycles. The maximum Gasteiger partial charge on any atom is 0.293 e. The third-order valence-electron chi connectivity index (χ3n) is 4.53. The van der Waals surface area contributed by atoms with Gasteiger partial charge in [0.15, 0.2) is 0 Å². The van der Waals surface area contributed by atoms with E-state index in [9.17, 15) is 19.7 Å². The van der Waals surface area contributed by atoms with E-state index in [4.69, 9.17) is 4.74 Å². The Morgan fingerprint density at radius 1 is 1.31 bits per heavy atom. The van der Waals surface area contributed by atoms with Gasteiger partial charge in [-0.1, -0.05) is 6.08 Å². The molecule has 10 nitrogen and oxygen atoms in total. The molecule has 1 aliphatic heterocycles. The van der Waals surface area contributed by atoms with Gasteiger partial charge in [-0.2, -0.15) is 0 Å². The van der Waals surface area contributed by atoms with E-state index in [1.54, 1.807) is 30.2 Å². The molecular formula is C19H27N5O5. The normalized spacial score (nSPS) is 14.3. The van der Waals surface area contributed by atoms with Crippen molar-refractivity contribution in [3.63, 3.8) is 0 Å². The zero-order chi connectivity index (χ0) is 21.2. The number of carbonyl (C=O) groups is 2. The van der Waals surface area contributed by atoms with Crippen LogP contribution >= 0.6 is 0 Å². The maximum absolute atomic E-state index is 12.8. The van der Waals surface area contributed by atoms with Crippen molar-refractivity contribution in [3.8, 4) is 0 Å². The van der Waals surface area contributed by atoms with E-state index in [0.29, 0.717) is 51.6 Å². The summed E-state index contributed by atoms with van der Waals surface area (Å²) in [6.07, 6.45) is 1.62. The van der Waals surface area contributed by atoms with Crippen molar-refractivity contribution in [2.24, 2.45) is 0 Å². The lowest BCUT2D eigenvalue weighted by Crippen LogP contribution is -2.51. The van der Waals surface area contributed by atoms with Crippen molar-refractivity contribution < 1.29 is 19.2 Å². The minimum absolute atomic E-state index is 0.0862. The standard InChI is InChI=1S/C19H27N5O5/c1-3-6-21-18(25)14-22-8-10-23(11-9-22)19(26)15-4-5-16(20-7-12-29-2)17(13-15)24(27)28/h3-5,13,20H,1,6-12,14H2,2H3,(H,21,25). The van der Waals surface area contributed by atoms with Gasteiger partial charge < -0.3 is 20.3 Å². The predicted octanol–water partition coefficient (Wildman–Crippen LogP) is 0.713. The molecule has 158 valence electrons. The Balaban J connectivity index is 1.96. The Morgan fingerprint density at radius 3 is 2.66 bits per heavy atom. The average Bonchev–Trinajstić information content (AvgIpc) is 2.72. The summed E-state index contributed by atoms with van der Waals surface area (Å²) in [6.45, 7) is 7.11. The molecule has 1 fully saturated rings. The van der Waals surface area contributed by atoms with Crippen LogP contribution in [0.15, 0.2) is 30.9 Å². The van der Waals surface area contributed by atoms with Gasteiger partial charge in [-0.3, -0.25) is 24.6 Å². The van der Waals surface area contributed by atoms with Crippen molar-refractivity contribution in [3.05, 3.63) is 46.5 Å². The Hall–Kier alpha value is -2.98. The summed E-state index contributed by atoms with van der Waals surface area (Å²) in [7, 11) is 1.55. The summed E-state index contributed by atoms with van der Waals surface area (Å²) in [5.41, 5.74) is 0.467. The van der Waals surface area contributed by atoms with E-state index in [1.807, 2.05) is 4.90 Å². The van der Waals surface area contributed by atoms with Crippen LogP contribution in [0.5, 0.6) is 0 Å². The van der Waals surface area contributed by atoms with Crippen LogP contribution in [-0.4, -0.2) is 86.1 Å². The Kier molecular flexibility index (Phi) is 8.56. The van der Waals surface area contributed by atoms with Crippen LogP contribution in [0.1, 0.15) is 10.4 Å². The van der Waals surface area contributed by atoms with E-state index in [0.717, 1.165) is 0 Å². The van der Waals surface area contributed by atoms with Crippen LogP contribution in [0, 0.1) is 10.1 Å². The Bertz CT molecular complexity index is 747. The summed E-state index contributed by atoms with van der Waals surface area (Å²) in [6, 6.07) is 4.42. The van der Waals surface area contributed by atoms with Crippen molar-refractivity contribution in [2.75, 3.05) is 64.8 Å². The van der Waals surface area contributed by atoms with E-state index in [1.165, 1.54) is 6.07 Å². The van der Waals surface area contributed by atoms with Gasteiger partial charge in [-0.15, -0.1) is 6.58 Å². The highest BCUT2D eigenvalue weighted by Gasteiger charge is 2.25. The fraction of sp³-hybridized carbons (Fsp3) is 0.474. The molecule has 1 aromatic rings. The average molecular weight is 405 g/mol. The Morgan fingerprint density at radius 2 is 2.03 bits per heavy atom. The number of hydrogen-bond acceptors (Lipinski definition) is 7. The zero-order valence-corrected chi connectivity index (χ0v) is 16.6. The molecule has 29 heavy (non-hydrogen) atoms. The van der Waals surface area contributed by atoms with Gasteiger partial charge >= 0.3 is 0 Å². The number of nitro groups is 1. The number of ether oxygens (including phenoxy) is 1. The molecule has 1 aromatic carbocycles. The second kappa shape index (κ2) is 11.1. The summed E-state index contributed by atoms with van der Waals surface area (Å²) in [5, 5.41) is 17.0. The first-order chi connectivity index (χ1) is 14.0. The molecule has 0 radical (unpaired) electrons. The van der Waals surface area contributed by atoms with Crippen LogP contribution in [0.2, 0.25) is 0 Å². The molecule has 0 bridgehead atoms. The van der Waals surface area contributed by atoms with Gasteiger partial charge in [0.2, 0.25) is 5.91 Å². The van der Waals surface area contributed by atoms with Gasteiger partial charge in [-0.05, 0) is 12.1 Å². The molecule has 2 amide bonds. The summed E-state index contributed by atoms with van der Waals surface area (Å²) >= 11 is 0. The first-order valence-corrected chi connectivity index (χ1v) is 9.36. The molecule has 0 atom stereocenters. The molecule has 0 unspecified atom stereocenters. The minimum atomic E-state index is -0.508. The number of anilines is 1. The first-order valence-electron chi connectivity index (χ1n) is 9.36. The lowest BCUT2D eigenvalue weighted by Gasteiger charge is -2.34. The monoisotopic (exact) mass is 405 g/mol. The lowest BCUT2D eigenvalue weighted by atomic mass is 10.1. The third-order valence-corrected chi connectivity index (χ3v) is 4.53. The summed E-state index contributed by atoms with van der Waals surface area (Å²) < 4.78 is 4.93. The fourth-order valence-corrected chi connectivity index (χ4v) is 2.99. The zero-order valence-electron chi connectivity index (χ0n) is 16.6. The van der Waals surface area contributed by atoms with Gasteiger partial charge in [0.1, 0.15) is 5.69 Å². The van der Waals surface area contributed by atoms with E-state index in [-0.39, 0.29) is 29.6 Å². The molecule has 0 aliphatic carbocycles. The van der Waals surface area contributed by atoms with Gasteiger partial charge in [-0.25, -0.2) is 0 Å². The minimum Gasteiger partial charge on any atom is -0.383 e. The van der Waals surface area contributed by atoms with Crippen LogP contribution in [-0.2, 0) is 9.53 Å². The molecule has 1 aliphatic rings. The topological polar surface area (TPSA) is 117 Å². The van der Waals surface area contributed by atoms with E-state index < -0.39 is 4.92 Å². The van der Waals surface area contributed by atoms with Crippen LogP contribution in [0.3, 0.4) is 0 Å². The van der Waals surface area contributed by atoms with Crippen molar-refractivity contribution in [2.45, 2.75) is 0 Å². The van der Waals surface area contributed by atoms with Crippen LogP contribution in [0.4, 0.5) is 11.4 Å². The first kappa shape index (κ1) is 22.3. The van der Waals surface area contributed by atoms with Crippen molar-refractivity contribution in [1.82, 2.24) is 15.1 Å². The number of piperazine rings is 1. The highest BCUT2D eigenvalue weighted by molar-refractivity contribution is 5.95. The lowest BCUT2D eigenvalue weighted by molar-refractivity contribution is -0.384. The molecule has 0 spiro atoms. The maximum atomic E-state index is 12.8. The number of carbonyl (C=O) groups excluding carboxylic acids is 2. The third kappa shape index (κ3) is 6.54. The second-order valence-corrected chi connectivity index (χ2v) is 6.57. The Labute approximate surface area is 169 Å². The number of hydrogen-bond donors (Lipinski definition) is 2. The number of methoxy groups -OCH3 is 1. The highest BCUT2D eigenvalue weighted by Crippen LogP contribution is 2.26. The van der Waals surface area contributed by atoms with Gasteiger partial charge in [0, 0.05) is 58.0 Å². The largest absolute Gasteiger partial charge is 0.383 e. The van der Waals surface area contributed by atoms with Crippen molar-refractivity contribution in [1.29, 1.82) is 0 Å². The van der Waals surface area contributed by atoms with Gasteiger partial charge in [0.05, 0.1) is 18.1 Å². The molecule has 2 rings (SSSR count). The molecule has 2 N–H and O–H groups in total. The molecule has 1 heterocycles. The van der Waals surface area contributed by atoms with Crippen LogP contribution < -0.4 is 10.6 Å². The SMILES string of the molecule is C=CCNC(=O)CN1CCN(C(=O)c2ccc(NCCOC)c([N+](=O)[O-])c2)CC1. The molecule has 1 saturated heterocycles. The quantitative estimate of drug-likeness (QED) is 0.255. The van der Waals surface area contributed by atoms with Crippen molar-refractivity contribution >= 4 is 23.2 Å². The number of amides is 2. The fourth-order valence-electron chi connectivity index (χ4n) is 2.99. The molecular weight excluding hydrogens is 378 g/mol. The van der Waals surface area contributed by atoms with Gasteiger partial charge in [0.25, 0.3) is 11.6 Å².